The molecule has 0 spiro atoms. The van der Waals surface area contributed by atoms with Crippen LogP contribution in [0.5, 0.6) is 0 Å². The number of benzene rings is 2. The lowest BCUT2D eigenvalue weighted by Crippen LogP contribution is -2.19. The van der Waals surface area contributed by atoms with Crippen molar-refractivity contribution in [2.24, 2.45) is 0 Å². The Morgan fingerprint density at radius 2 is 1.90 bits per heavy atom. The third kappa shape index (κ3) is 2.71. The van der Waals surface area contributed by atoms with E-state index in [-0.39, 0.29) is 6.04 Å². The van der Waals surface area contributed by atoms with E-state index in [2.05, 4.69) is 63.5 Å². The maximum absolute atomic E-state index is 4.58. The van der Waals surface area contributed by atoms with Gasteiger partial charge in [0.05, 0.1) is 11.6 Å². The molecule has 1 heterocycles. The first-order valence-corrected chi connectivity index (χ1v) is 7.77. The number of rotatable bonds is 3. The van der Waals surface area contributed by atoms with Crippen molar-refractivity contribution in [1.29, 1.82) is 0 Å². The molecule has 0 fully saturated rings. The summed E-state index contributed by atoms with van der Waals surface area (Å²) in [5, 5.41) is 4.58. The van der Waals surface area contributed by atoms with Crippen LogP contribution < -0.4 is 5.32 Å². The van der Waals surface area contributed by atoms with Crippen molar-refractivity contribution in [2.45, 2.75) is 13.0 Å². The molecular formula is C18H17BrN2. The Kier molecular flexibility index (Phi) is 4.04. The van der Waals surface area contributed by atoms with Gasteiger partial charge in [0, 0.05) is 16.1 Å². The van der Waals surface area contributed by atoms with Crippen molar-refractivity contribution >= 4 is 26.8 Å². The van der Waals surface area contributed by atoms with Gasteiger partial charge in [-0.2, -0.15) is 0 Å². The van der Waals surface area contributed by atoms with Gasteiger partial charge in [-0.05, 0) is 48.9 Å². The molecule has 2 nitrogen and oxygen atoms in total. The van der Waals surface area contributed by atoms with Crippen molar-refractivity contribution in [3.05, 3.63) is 75.9 Å². The van der Waals surface area contributed by atoms with Crippen molar-refractivity contribution < 1.29 is 0 Å². The number of pyridine rings is 1. The van der Waals surface area contributed by atoms with Crippen LogP contribution in [0.3, 0.4) is 0 Å². The van der Waals surface area contributed by atoms with Crippen molar-refractivity contribution in [3.63, 3.8) is 0 Å². The van der Waals surface area contributed by atoms with Gasteiger partial charge in [0.2, 0.25) is 0 Å². The molecule has 1 N–H and O–H groups in total. The van der Waals surface area contributed by atoms with Crippen molar-refractivity contribution in [1.82, 2.24) is 10.3 Å². The summed E-state index contributed by atoms with van der Waals surface area (Å²) in [5.41, 5.74) is 4.73. The van der Waals surface area contributed by atoms with E-state index in [1.54, 1.807) is 0 Å². The van der Waals surface area contributed by atoms with Gasteiger partial charge >= 0.3 is 0 Å². The smallest absolute Gasteiger partial charge is 0.0702 e. The second kappa shape index (κ2) is 5.96. The molecule has 0 radical (unpaired) electrons. The molecule has 3 heteroatoms. The van der Waals surface area contributed by atoms with E-state index in [1.165, 1.54) is 22.1 Å². The minimum Gasteiger partial charge on any atom is -0.309 e. The molecule has 1 atom stereocenters. The normalized spacial score (nSPS) is 12.5. The minimum atomic E-state index is 0.139. The molecule has 0 amide bonds. The molecule has 0 saturated heterocycles. The lowest BCUT2D eigenvalue weighted by Gasteiger charge is -2.20. The second-order valence-electron chi connectivity index (χ2n) is 5.14. The molecule has 2 aromatic carbocycles. The molecule has 21 heavy (non-hydrogen) atoms. The average molecular weight is 341 g/mol. The summed E-state index contributed by atoms with van der Waals surface area (Å²) >= 11 is 3.61. The highest BCUT2D eigenvalue weighted by Crippen LogP contribution is 2.29. The Morgan fingerprint density at radius 3 is 2.71 bits per heavy atom. The maximum Gasteiger partial charge on any atom is 0.0702 e. The van der Waals surface area contributed by atoms with Crippen LogP contribution in [-0.4, -0.2) is 12.0 Å². The summed E-state index contributed by atoms with van der Waals surface area (Å²) in [6, 6.07) is 16.9. The molecule has 0 aliphatic rings. The van der Waals surface area contributed by atoms with Gasteiger partial charge < -0.3 is 5.32 Å². The van der Waals surface area contributed by atoms with Crippen LogP contribution in [0.25, 0.3) is 10.9 Å². The van der Waals surface area contributed by atoms with E-state index < -0.39 is 0 Å². The third-order valence-corrected chi connectivity index (χ3v) is 4.71. The monoisotopic (exact) mass is 340 g/mol. The average Bonchev–Trinajstić information content (AvgIpc) is 2.52. The molecule has 1 unspecified atom stereocenters. The van der Waals surface area contributed by atoms with E-state index >= 15 is 0 Å². The Labute approximate surface area is 133 Å². The number of hydrogen-bond donors (Lipinski definition) is 1. The summed E-state index contributed by atoms with van der Waals surface area (Å²) in [6.07, 6.45) is 1.96. The maximum atomic E-state index is 4.58. The number of nitrogens with one attached hydrogen (secondary N) is 1. The first-order chi connectivity index (χ1) is 10.2. The number of hydrogen-bond acceptors (Lipinski definition) is 2. The highest BCUT2D eigenvalue weighted by atomic mass is 79.9. The van der Waals surface area contributed by atoms with E-state index in [4.69, 9.17) is 0 Å². The highest BCUT2D eigenvalue weighted by molar-refractivity contribution is 9.10. The van der Waals surface area contributed by atoms with Crippen molar-refractivity contribution in [2.75, 3.05) is 7.05 Å². The van der Waals surface area contributed by atoms with Crippen LogP contribution in [0.15, 0.2) is 59.2 Å². The number of aromatic nitrogens is 1. The molecule has 1 aromatic heterocycles. The number of fused-ring (bicyclic) bond motifs is 1. The molecule has 0 aliphatic carbocycles. The predicted molar refractivity (Wildman–Crippen MR) is 91.5 cm³/mol. The summed E-state index contributed by atoms with van der Waals surface area (Å²) in [7, 11) is 1.99. The molecule has 0 saturated carbocycles. The first-order valence-electron chi connectivity index (χ1n) is 6.97. The largest absolute Gasteiger partial charge is 0.309 e. The standard InChI is InChI=1S/C18H17BrN2/c1-12-15(7-5-8-16(12)19)18(20-2)14-10-13-6-3-4-9-17(13)21-11-14/h3-11,18,20H,1-2H3. The van der Waals surface area contributed by atoms with Gasteiger partial charge in [0.15, 0.2) is 0 Å². The molecule has 3 rings (SSSR count). The lowest BCUT2D eigenvalue weighted by atomic mass is 9.95. The highest BCUT2D eigenvalue weighted by Gasteiger charge is 2.16. The van der Waals surface area contributed by atoms with E-state index in [1.807, 2.05) is 31.4 Å². The number of para-hydroxylation sites is 1. The van der Waals surface area contributed by atoms with E-state index in [0.717, 1.165) is 9.99 Å². The summed E-state index contributed by atoms with van der Waals surface area (Å²) in [6.45, 7) is 2.14. The van der Waals surface area contributed by atoms with Crippen molar-refractivity contribution in [3.8, 4) is 0 Å². The fourth-order valence-corrected chi connectivity index (χ4v) is 3.07. The van der Waals surface area contributed by atoms with Gasteiger partial charge in [-0.15, -0.1) is 0 Å². The zero-order chi connectivity index (χ0) is 14.8. The zero-order valence-electron chi connectivity index (χ0n) is 12.1. The first kappa shape index (κ1) is 14.2. The van der Waals surface area contributed by atoms with Gasteiger partial charge in [0.25, 0.3) is 0 Å². The van der Waals surface area contributed by atoms with Gasteiger partial charge in [-0.3, -0.25) is 4.98 Å². The number of nitrogens with zero attached hydrogens (tertiary/aromatic N) is 1. The summed E-state index contributed by atoms with van der Waals surface area (Å²) in [5.74, 6) is 0. The van der Waals surface area contributed by atoms with E-state index in [9.17, 15) is 0 Å². The Balaban J connectivity index is 2.11. The van der Waals surface area contributed by atoms with Crippen LogP contribution in [0.1, 0.15) is 22.7 Å². The lowest BCUT2D eigenvalue weighted by molar-refractivity contribution is 0.685. The van der Waals surface area contributed by atoms with Crippen LogP contribution >= 0.6 is 15.9 Å². The SMILES string of the molecule is CNC(c1cnc2ccccc2c1)c1cccc(Br)c1C. The molecule has 3 aromatic rings. The minimum absolute atomic E-state index is 0.139. The molecule has 106 valence electrons. The fourth-order valence-electron chi connectivity index (χ4n) is 2.68. The van der Waals surface area contributed by atoms with Crippen LogP contribution in [0.4, 0.5) is 0 Å². The molecule has 0 bridgehead atoms. The second-order valence-corrected chi connectivity index (χ2v) is 5.99. The van der Waals surface area contributed by atoms with Crippen LogP contribution in [0, 0.1) is 6.92 Å². The van der Waals surface area contributed by atoms with Gasteiger partial charge in [-0.25, -0.2) is 0 Å². The van der Waals surface area contributed by atoms with Crippen LogP contribution in [-0.2, 0) is 0 Å². The summed E-state index contributed by atoms with van der Waals surface area (Å²) < 4.78 is 1.13. The van der Waals surface area contributed by atoms with Gasteiger partial charge in [0.1, 0.15) is 0 Å². The quantitative estimate of drug-likeness (QED) is 0.752. The predicted octanol–water partition coefficient (Wildman–Crippen LogP) is 4.61. The molecular weight excluding hydrogens is 324 g/mol. The Hall–Kier alpha value is -1.71. The van der Waals surface area contributed by atoms with E-state index in [0.29, 0.717) is 0 Å². The third-order valence-electron chi connectivity index (χ3n) is 3.85. The zero-order valence-corrected chi connectivity index (χ0v) is 13.7. The summed E-state index contributed by atoms with van der Waals surface area (Å²) in [4.78, 5) is 4.58. The van der Waals surface area contributed by atoms with Gasteiger partial charge in [-0.1, -0.05) is 46.3 Å². The topological polar surface area (TPSA) is 24.9 Å². The Morgan fingerprint density at radius 1 is 1.10 bits per heavy atom. The Bertz CT molecular complexity index is 783. The molecule has 0 aliphatic heterocycles. The van der Waals surface area contributed by atoms with Crippen LogP contribution in [0.2, 0.25) is 0 Å². The fraction of sp³-hybridized carbons (Fsp3) is 0.167. The number of halogens is 1.